The minimum absolute atomic E-state index is 0.0388. The first-order valence-corrected chi connectivity index (χ1v) is 11.4. The van der Waals surface area contributed by atoms with Crippen molar-refractivity contribution in [2.45, 2.75) is 61.7 Å². The number of anilines is 1. The average molecular weight is 473 g/mol. The average Bonchev–Trinajstić information content (AvgIpc) is 2.80. The fraction of sp³-hybridized carbons (Fsp3) is 0.550. The molecule has 12 heteroatoms. The first kappa shape index (κ1) is 23.9. The molecule has 2 bridgehead atoms. The zero-order valence-corrected chi connectivity index (χ0v) is 18.9. The highest BCUT2D eigenvalue weighted by atomic mass is 32.2. The molecule has 1 aromatic carbocycles. The molecule has 0 aromatic heterocycles. The number of imide groups is 1. The van der Waals surface area contributed by atoms with Crippen molar-refractivity contribution in [1.82, 2.24) is 4.90 Å². The predicted molar refractivity (Wildman–Crippen MR) is 112 cm³/mol. The fourth-order valence-electron chi connectivity index (χ4n) is 4.28. The van der Waals surface area contributed by atoms with Gasteiger partial charge in [0.1, 0.15) is 34.2 Å². The number of benzene rings is 1. The lowest BCUT2D eigenvalue weighted by molar-refractivity contribution is 0.0372. The van der Waals surface area contributed by atoms with Crippen molar-refractivity contribution in [1.29, 1.82) is 0 Å². The number of nitrogens with zero attached hydrogens (tertiary/aromatic N) is 2. The van der Waals surface area contributed by atoms with Gasteiger partial charge in [-0.05, 0) is 58.7 Å². The van der Waals surface area contributed by atoms with Gasteiger partial charge in [-0.3, -0.25) is 4.99 Å². The number of sulfone groups is 1. The minimum atomic E-state index is -4.32. The van der Waals surface area contributed by atoms with E-state index < -0.39 is 67.1 Å². The Hall–Kier alpha value is -2.76. The highest BCUT2D eigenvalue weighted by Crippen LogP contribution is 2.53. The van der Waals surface area contributed by atoms with E-state index in [0.717, 1.165) is 12.1 Å². The molecule has 32 heavy (non-hydrogen) atoms. The van der Waals surface area contributed by atoms with E-state index in [2.05, 4.69) is 4.99 Å². The molecule has 0 aliphatic carbocycles. The lowest BCUT2D eigenvalue weighted by Gasteiger charge is -2.42. The van der Waals surface area contributed by atoms with Gasteiger partial charge in [-0.25, -0.2) is 26.8 Å². The van der Waals surface area contributed by atoms with Crippen LogP contribution in [0.3, 0.4) is 0 Å². The number of hydrogen-bond acceptors (Lipinski definition) is 7. The Labute approximate surface area is 184 Å². The Morgan fingerprint density at radius 3 is 2.53 bits per heavy atom. The topological polar surface area (TPSA) is 139 Å². The molecule has 3 rings (SSSR count). The molecule has 9 nitrogen and oxygen atoms in total. The minimum Gasteiger partial charge on any atom is -0.464 e. The number of ether oxygens (including phenoxy) is 1. The van der Waals surface area contributed by atoms with Crippen molar-refractivity contribution >= 4 is 33.5 Å². The zero-order chi connectivity index (χ0) is 24.3. The van der Waals surface area contributed by atoms with Crippen LogP contribution in [0.15, 0.2) is 23.2 Å². The Balaban J connectivity index is 2.35. The number of hydrogen-bond donors (Lipinski definition) is 2. The largest absolute Gasteiger partial charge is 0.464 e. The number of carboxylic acid groups (broad SMARTS) is 1. The van der Waals surface area contributed by atoms with E-state index in [0.29, 0.717) is 0 Å². The van der Waals surface area contributed by atoms with E-state index >= 15 is 0 Å². The molecular weight excluding hydrogens is 448 g/mol. The highest BCUT2D eigenvalue weighted by Gasteiger charge is 2.67. The lowest BCUT2D eigenvalue weighted by Crippen LogP contribution is -2.61. The van der Waals surface area contributed by atoms with Crippen molar-refractivity contribution < 1.29 is 36.6 Å². The van der Waals surface area contributed by atoms with Crippen molar-refractivity contribution in [3.8, 4) is 0 Å². The molecule has 2 aliphatic rings. The Morgan fingerprint density at radius 1 is 1.38 bits per heavy atom. The number of halogens is 2. The quantitative estimate of drug-likeness (QED) is 0.629. The summed E-state index contributed by atoms with van der Waals surface area (Å²) in [5, 5.41) is 8.31. The number of fused-ring (bicyclic) bond motifs is 2. The first-order chi connectivity index (χ1) is 14.6. The fourth-order valence-corrected chi connectivity index (χ4v) is 6.88. The van der Waals surface area contributed by atoms with E-state index in [1.54, 1.807) is 0 Å². The number of nitrogen functional groups attached to an aromatic ring is 1. The van der Waals surface area contributed by atoms with Gasteiger partial charge < -0.3 is 15.6 Å². The molecule has 2 amide bonds. The summed E-state index contributed by atoms with van der Waals surface area (Å²) >= 11 is 0. The van der Waals surface area contributed by atoms with Crippen molar-refractivity contribution in [2.24, 2.45) is 4.99 Å². The van der Waals surface area contributed by atoms with E-state index in [1.165, 1.54) is 33.8 Å². The van der Waals surface area contributed by atoms with Gasteiger partial charge in [-0.2, -0.15) is 4.90 Å². The van der Waals surface area contributed by atoms with Crippen LogP contribution in [-0.4, -0.2) is 58.7 Å². The molecule has 0 unspecified atom stereocenters. The normalized spacial score (nSPS) is 28.7. The zero-order valence-electron chi connectivity index (χ0n) is 18.1. The molecule has 1 fully saturated rings. The monoisotopic (exact) mass is 473 g/mol. The number of carbonyl (C=O) groups is 2. The number of alkyl halides is 1. The number of carbonyl (C=O) groups excluding carboxylic acids is 1. The van der Waals surface area contributed by atoms with Crippen LogP contribution in [0.5, 0.6) is 0 Å². The van der Waals surface area contributed by atoms with Gasteiger partial charge in [0.15, 0.2) is 9.84 Å². The molecule has 3 N–H and O–H groups in total. The molecule has 2 heterocycles. The Kier molecular flexibility index (Phi) is 5.52. The van der Waals surface area contributed by atoms with Crippen LogP contribution >= 0.6 is 0 Å². The van der Waals surface area contributed by atoms with Crippen LogP contribution in [0.25, 0.3) is 0 Å². The summed E-state index contributed by atoms with van der Waals surface area (Å²) in [6.07, 6.45) is -3.52. The molecule has 2 aliphatic heterocycles. The molecule has 3 atom stereocenters. The van der Waals surface area contributed by atoms with E-state index in [1.807, 2.05) is 0 Å². The van der Waals surface area contributed by atoms with Crippen LogP contribution in [0.4, 0.5) is 24.1 Å². The van der Waals surface area contributed by atoms with Gasteiger partial charge in [0, 0.05) is 11.3 Å². The third kappa shape index (κ3) is 3.40. The summed E-state index contributed by atoms with van der Waals surface area (Å²) in [7, 11) is -4.32. The summed E-state index contributed by atoms with van der Waals surface area (Å²) in [6, 6.07) is 3.25. The molecule has 176 valence electrons. The van der Waals surface area contributed by atoms with Crippen LogP contribution in [-0.2, 0) is 20.1 Å². The molecule has 1 aromatic rings. The SMILES string of the molecule is CC(C)(C)OC(=O)N(C(=O)O)C1=N[C@](CF)(c2cc(N)ccc2F)[C@@H]2CC[C@@]1(C)S2(=O)=O. The van der Waals surface area contributed by atoms with Gasteiger partial charge >= 0.3 is 12.2 Å². The van der Waals surface area contributed by atoms with Crippen molar-refractivity contribution in [3.63, 3.8) is 0 Å². The van der Waals surface area contributed by atoms with Crippen LogP contribution in [0, 0.1) is 5.82 Å². The second kappa shape index (κ2) is 7.39. The summed E-state index contributed by atoms with van der Waals surface area (Å²) in [4.78, 5) is 29.1. The Bertz CT molecular complexity index is 1120. The number of aliphatic imine (C=N–C) groups is 1. The number of amides is 2. The predicted octanol–water partition coefficient (Wildman–Crippen LogP) is 3.24. The number of amidine groups is 1. The number of nitrogens with two attached hydrogens (primary N) is 1. The highest BCUT2D eigenvalue weighted by molar-refractivity contribution is 7.94. The van der Waals surface area contributed by atoms with Crippen LogP contribution in [0.2, 0.25) is 0 Å². The summed E-state index contributed by atoms with van der Waals surface area (Å²) < 4.78 is 59.8. The van der Waals surface area contributed by atoms with Crippen LogP contribution in [0.1, 0.15) is 46.1 Å². The van der Waals surface area contributed by atoms with Gasteiger partial charge in [-0.1, -0.05) is 0 Å². The third-order valence-electron chi connectivity index (χ3n) is 5.84. The van der Waals surface area contributed by atoms with Gasteiger partial charge in [0.25, 0.3) is 0 Å². The molecule has 0 radical (unpaired) electrons. The summed E-state index contributed by atoms with van der Waals surface area (Å²) in [5.74, 6) is -1.68. The second-order valence-electron chi connectivity index (χ2n) is 9.13. The maximum Gasteiger partial charge on any atom is 0.425 e. The van der Waals surface area contributed by atoms with E-state index in [9.17, 15) is 31.9 Å². The van der Waals surface area contributed by atoms with Crippen molar-refractivity contribution in [2.75, 3.05) is 12.4 Å². The number of rotatable bonds is 2. The van der Waals surface area contributed by atoms with E-state index in [4.69, 9.17) is 10.5 Å². The molecule has 1 saturated heterocycles. The smallest absolute Gasteiger partial charge is 0.425 e. The lowest BCUT2D eigenvalue weighted by atomic mass is 9.86. The maximum atomic E-state index is 14.8. The second-order valence-corrected chi connectivity index (χ2v) is 11.7. The van der Waals surface area contributed by atoms with Gasteiger partial charge in [0.2, 0.25) is 0 Å². The van der Waals surface area contributed by atoms with Gasteiger partial charge in [0.05, 0.1) is 5.25 Å². The van der Waals surface area contributed by atoms with E-state index in [-0.39, 0.29) is 23.4 Å². The van der Waals surface area contributed by atoms with Gasteiger partial charge in [-0.15, -0.1) is 0 Å². The maximum absolute atomic E-state index is 14.8. The third-order valence-corrected chi connectivity index (χ3v) is 8.85. The van der Waals surface area contributed by atoms with Crippen LogP contribution < -0.4 is 5.73 Å². The molecular formula is C20H25F2N3O6S. The summed E-state index contributed by atoms with van der Waals surface area (Å²) in [5.41, 5.74) is 1.91. The molecule has 0 spiro atoms. The standard InChI is InChI=1S/C20H25F2N3O6S/c1-18(2,3)31-17(28)25(16(26)27)15-19(4)8-7-14(32(19,29)30)20(10-21,24-15)12-9-11(23)5-6-13(12)22/h5-6,9,14H,7-8,10,23H2,1-4H3,(H,26,27)/t14-,19+,20+/m0/s1. The first-order valence-electron chi connectivity index (χ1n) is 9.82. The molecule has 0 saturated carbocycles. The Morgan fingerprint density at radius 2 is 2.00 bits per heavy atom. The summed E-state index contributed by atoms with van der Waals surface area (Å²) in [6.45, 7) is 4.24. The van der Waals surface area contributed by atoms with Crippen molar-refractivity contribution in [3.05, 3.63) is 29.6 Å².